The Morgan fingerprint density at radius 2 is 2.00 bits per heavy atom. The SMILES string of the molecule is CC(C)(C)C1CN(C(=O)O)C[C@@H](C#N)[C@H](c2ccc(Cl)c(Cl)c2)O1. The van der Waals surface area contributed by atoms with Crippen molar-refractivity contribution in [1.82, 2.24) is 4.90 Å². The second kappa shape index (κ2) is 7.18. The molecular weight excluding hydrogens is 351 g/mol. The molecule has 1 saturated heterocycles. The normalized spacial score (nSPS) is 25.0. The molecule has 1 aliphatic heterocycles. The maximum atomic E-state index is 11.5. The van der Waals surface area contributed by atoms with Crippen molar-refractivity contribution in [1.29, 1.82) is 5.26 Å². The van der Waals surface area contributed by atoms with Crippen molar-refractivity contribution in [3.8, 4) is 6.07 Å². The maximum Gasteiger partial charge on any atom is 0.407 e. The van der Waals surface area contributed by atoms with Crippen LogP contribution in [0, 0.1) is 22.7 Å². The van der Waals surface area contributed by atoms with E-state index < -0.39 is 18.1 Å². The number of carbonyl (C=O) groups is 1. The summed E-state index contributed by atoms with van der Waals surface area (Å²) in [5.74, 6) is -0.634. The summed E-state index contributed by atoms with van der Waals surface area (Å²) < 4.78 is 6.21. The highest BCUT2D eigenvalue weighted by Gasteiger charge is 2.39. The molecule has 130 valence electrons. The van der Waals surface area contributed by atoms with Gasteiger partial charge in [-0.15, -0.1) is 0 Å². The van der Waals surface area contributed by atoms with Crippen LogP contribution in [0.3, 0.4) is 0 Å². The maximum absolute atomic E-state index is 11.5. The average molecular weight is 371 g/mol. The van der Waals surface area contributed by atoms with Crippen LogP contribution in [0.25, 0.3) is 0 Å². The molecule has 1 unspecified atom stereocenters. The Morgan fingerprint density at radius 1 is 1.33 bits per heavy atom. The molecule has 3 atom stereocenters. The zero-order chi connectivity index (χ0) is 18.1. The molecule has 0 aliphatic carbocycles. The van der Waals surface area contributed by atoms with Crippen LogP contribution in [0.2, 0.25) is 10.0 Å². The third kappa shape index (κ3) is 4.13. The quantitative estimate of drug-likeness (QED) is 0.783. The van der Waals surface area contributed by atoms with Crippen LogP contribution >= 0.6 is 23.2 Å². The minimum absolute atomic E-state index is 0.0866. The lowest BCUT2D eigenvalue weighted by Gasteiger charge is -2.33. The number of hydrogen-bond acceptors (Lipinski definition) is 3. The van der Waals surface area contributed by atoms with E-state index >= 15 is 0 Å². The van der Waals surface area contributed by atoms with Gasteiger partial charge in [-0.25, -0.2) is 4.79 Å². The van der Waals surface area contributed by atoms with Crippen molar-refractivity contribution in [3.05, 3.63) is 33.8 Å². The lowest BCUT2D eigenvalue weighted by atomic mass is 9.88. The Morgan fingerprint density at radius 3 is 2.50 bits per heavy atom. The number of hydrogen-bond donors (Lipinski definition) is 1. The molecule has 0 radical (unpaired) electrons. The predicted molar refractivity (Wildman–Crippen MR) is 92.2 cm³/mol. The Bertz CT molecular complexity index is 667. The highest BCUT2D eigenvalue weighted by atomic mass is 35.5. The smallest absolute Gasteiger partial charge is 0.407 e. The van der Waals surface area contributed by atoms with E-state index in [1.807, 2.05) is 20.8 Å². The fraction of sp³-hybridized carbons (Fsp3) is 0.529. The summed E-state index contributed by atoms with van der Waals surface area (Å²) in [5, 5.41) is 19.8. The standard InChI is InChI=1S/C17H20Cl2N2O3/c1-17(2,3)14-9-21(16(22)23)8-11(7-20)15(24-14)10-4-5-12(18)13(19)6-10/h4-6,11,14-15H,8-9H2,1-3H3,(H,22,23)/t11-,14?,15+/m1/s1. The molecule has 1 heterocycles. The summed E-state index contributed by atoms with van der Waals surface area (Å²) in [5.41, 5.74) is 0.435. The van der Waals surface area contributed by atoms with Gasteiger partial charge in [-0.1, -0.05) is 50.0 Å². The molecule has 1 aromatic rings. The zero-order valence-electron chi connectivity index (χ0n) is 13.8. The van der Waals surface area contributed by atoms with Crippen molar-refractivity contribution in [3.63, 3.8) is 0 Å². The van der Waals surface area contributed by atoms with Crippen LogP contribution in [-0.4, -0.2) is 35.3 Å². The summed E-state index contributed by atoms with van der Waals surface area (Å²) in [6.45, 7) is 6.25. The number of rotatable bonds is 1. The molecule has 2 rings (SSSR count). The molecule has 0 saturated carbocycles. The number of amides is 1. The van der Waals surface area contributed by atoms with Gasteiger partial charge in [0.2, 0.25) is 0 Å². The first kappa shape index (κ1) is 18.9. The van der Waals surface area contributed by atoms with Crippen LogP contribution in [0.4, 0.5) is 4.79 Å². The van der Waals surface area contributed by atoms with E-state index in [9.17, 15) is 15.2 Å². The molecule has 1 amide bonds. The number of halogens is 2. The van der Waals surface area contributed by atoms with Gasteiger partial charge in [0.1, 0.15) is 6.10 Å². The van der Waals surface area contributed by atoms with Crippen LogP contribution in [0.15, 0.2) is 18.2 Å². The first-order chi connectivity index (χ1) is 11.1. The number of carboxylic acid groups (broad SMARTS) is 1. The number of nitrogens with zero attached hydrogens (tertiary/aromatic N) is 2. The van der Waals surface area contributed by atoms with Gasteiger partial charge in [0.05, 0.1) is 34.7 Å². The van der Waals surface area contributed by atoms with E-state index in [1.165, 1.54) is 4.90 Å². The summed E-state index contributed by atoms with van der Waals surface area (Å²) in [4.78, 5) is 12.8. The van der Waals surface area contributed by atoms with Crippen molar-refractivity contribution in [2.45, 2.75) is 33.0 Å². The summed E-state index contributed by atoms with van der Waals surface area (Å²) in [7, 11) is 0. The van der Waals surface area contributed by atoms with E-state index in [4.69, 9.17) is 27.9 Å². The van der Waals surface area contributed by atoms with E-state index in [1.54, 1.807) is 18.2 Å². The first-order valence-corrected chi connectivity index (χ1v) is 8.37. The van der Waals surface area contributed by atoms with Gasteiger partial charge < -0.3 is 14.7 Å². The van der Waals surface area contributed by atoms with Gasteiger partial charge in [0.25, 0.3) is 0 Å². The largest absolute Gasteiger partial charge is 0.465 e. The lowest BCUT2D eigenvalue weighted by molar-refractivity contribution is -0.0706. The van der Waals surface area contributed by atoms with E-state index in [-0.39, 0.29) is 24.6 Å². The van der Waals surface area contributed by atoms with Gasteiger partial charge in [-0.05, 0) is 23.1 Å². The van der Waals surface area contributed by atoms with Crippen LogP contribution in [0.5, 0.6) is 0 Å². The van der Waals surface area contributed by atoms with Gasteiger partial charge >= 0.3 is 6.09 Å². The molecular formula is C17H20Cl2N2O3. The molecule has 0 aromatic heterocycles. The predicted octanol–water partition coefficient (Wildman–Crippen LogP) is 4.60. The Hall–Kier alpha value is -1.48. The summed E-state index contributed by atoms with van der Waals surface area (Å²) >= 11 is 12.1. The molecule has 1 aliphatic rings. The van der Waals surface area contributed by atoms with Crippen LogP contribution < -0.4 is 0 Å². The Balaban J connectivity index is 2.44. The monoisotopic (exact) mass is 370 g/mol. The third-order valence-corrected chi connectivity index (χ3v) is 4.89. The summed E-state index contributed by atoms with van der Waals surface area (Å²) in [6, 6.07) is 7.27. The van der Waals surface area contributed by atoms with Gasteiger partial charge in [0, 0.05) is 6.54 Å². The van der Waals surface area contributed by atoms with Crippen molar-refractivity contribution in [2.75, 3.05) is 13.1 Å². The Kier molecular flexibility index (Phi) is 5.64. The van der Waals surface area contributed by atoms with Gasteiger partial charge in [0.15, 0.2) is 0 Å². The first-order valence-electron chi connectivity index (χ1n) is 7.61. The highest BCUT2D eigenvalue weighted by molar-refractivity contribution is 6.42. The fourth-order valence-electron chi connectivity index (χ4n) is 2.67. The van der Waals surface area contributed by atoms with E-state index in [0.29, 0.717) is 10.0 Å². The number of benzene rings is 1. The molecule has 1 fully saturated rings. The van der Waals surface area contributed by atoms with Crippen molar-refractivity contribution < 1.29 is 14.6 Å². The molecule has 24 heavy (non-hydrogen) atoms. The number of nitriles is 1. The molecule has 0 bridgehead atoms. The van der Waals surface area contributed by atoms with Crippen LogP contribution in [-0.2, 0) is 4.74 Å². The number of ether oxygens (including phenoxy) is 1. The minimum Gasteiger partial charge on any atom is -0.465 e. The molecule has 7 heteroatoms. The minimum atomic E-state index is -1.05. The lowest BCUT2D eigenvalue weighted by Crippen LogP contribution is -2.42. The van der Waals surface area contributed by atoms with Crippen molar-refractivity contribution in [2.24, 2.45) is 11.3 Å². The zero-order valence-corrected chi connectivity index (χ0v) is 15.3. The second-order valence-corrected chi connectivity index (χ2v) is 7.82. The van der Waals surface area contributed by atoms with E-state index in [2.05, 4.69) is 6.07 Å². The average Bonchev–Trinajstić information content (AvgIpc) is 2.69. The topological polar surface area (TPSA) is 73.6 Å². The highest BCUT2D eigenvalue weighted by Crippen LogP contribution is 2.38. The van der Waals surface area contributed by atoms with Crippen molar-refractivity contribution >= 4 is 29.3 Å². The summed E-state index contributed by atoms with van der Waals surface area (Å²) in [6.07, 6.45) is -1.98. The van der Waals surface area contributed by atoms with Gasteiger partial charge in [-0.2, -0.15) is 5.26 Å². The molecule has 1 N–H and O–H groups in total. The fourth-order valence-corrected chi connectivity index (χ4v) is 2.97. The Labute approximate surface area is 151 Å². The van der Waals surface area contributed by atoms with E-state index in [0.717, 1.165) is 5.56 Å². The van der Waals surface area contributed by atoms with Gasteiger partial charge in [-0.3, -0.25) is 0 Å². The van der Waals surface area contributed by atoms with Crippen LogP contribution in [0.1, 0.15) is 32.4 Å². The second-order valence-electron chi connectivity index (χ2n) is 7.01. The third-order valence-electron chi connectivity index (χ3n) is 4.15. The molecule has 5 nitrogen and oxygen atoms in total. The molecule has 1 aromatic carbocycles. The molecule has 0 spiro atoms.